The van der Waals surface area contributed by atoms with Crippen LogP contribution in [-0.2, 0) is 8.85 Å². The van der Waals surface area contributed by atoms with Crippen LogP contribution >= 0.6 is 0 Å². The second-order valence-electron chi connectivity index (χ2n) is 14.8. The molecule has 0 aromatic heterocycles. The summed E-state index contributed by atoms with van der Waals surface area (Å²) in [5.41, 5.74) is 5.10. The maximum absolute atomic E-state index is 7.75. The Morgan fingerprint density at radius 2 is 1.09 bits per heavy atom. The lowest BCUT2D eigenvalue weighted by molar-refractivity contribution is 0.0742. The summed E-state index contributed by atoms with van der Waals surface area (Å²) >= 11 is 0. The van der Waals surface area contributed by atoms with E-state index < -0.39 is 16.6 Å². The molecule has 2 rings (SSSR count). The molecule has 0 aliphatic carbocycles. The van der Waals surface area contributed by atoms with E-state index in [1.165, 1.54) is 0 Å². The van der Waals surface area contributed by atoms with Crippen molar-refractivity contribution < 1.29 is 23.1 Å². The zero-order valence-corrected chi connectivity index (χ0v) is 33.8. The van der Waals surface area contributed by atoms with Gasteiger partial charge in [-0.1, -0.05) is 113 Å². The van der Waals surface area contributed by atoms with Crippen LogP contribution < -0.4 is 14.2 Å². The molecule has 2 aromatic carbocycles. The highest BCUT2D eigenvalue weighted by Crippen LogP contribution is 2.49. The van der Waals surface area contributed by atoms with Gasteiger partial charge < -0.3 is 23.1 Å². The van der Waals surface area contributed by atoms with Gasteiger partial charge in [0.2, 0.25) is 8.32 Å². The number of ether oxygens (including phenoxy) is 3. The lowest BCUT2D eigenvalue weighted by Gasteiger charge is -2.47. The van der Waals surface area contributed by atoms with Crippen molar-refractivity contribution in [2.24, 2.45) is 5.92 Å². The van der Waals surface area contributed by atoms with Gasteiger partial charge in [0.05, 0.1) is 27.4 Å². The fraction of sp³-hybridized carbons (Fsp3) is 0.641. The highest BCUT2D eigenvalue weighted by Gasteiger charge is 2.49. The van der Waals surface area contributed by atoms with Crippen LogP contribution in [0.4, 0.5) is 0 Å². The first-order chi connectivity index (χ1) is 21.6. The fourth-order valence-electron chi connectivity index (χ4n) is 8.22. The van der Waals surface area contributed by atoms with Crippen molar-refractivity contribution in [1.82, 2.24) is 0 Å². The SMILES string of the molecule is COc1ccc(/C=C/C[C@@H](CO[Si](C(C)C)(C(C)C)C(C)C)[C@@H](O[Si](C(C)C)(C(C)C)C(C)C)c2ccc(OC)c(OC)c2)cc1. The summed E-state index contributed by atoms with van der Waals surface area (Å²) in [5, 5.41) is 0. The summed E-state index contributed by atoms with van der Waals surface area (Å²) < 4.78 is 32.0. The monoisotopic (exact) mass is 670 g/mol. The number of methoxy groups -OCH3 is 3. The number of allylic oxidation sites excluding steroid dienone is 1. The molecule has 0 N–H and O–H groups in total. The molecule has 0 bridgehead atoms. The van der Waals surface area contributed by atoms with Crippen molar-refractivity contribution in [2.75, 3.05) is 27.9 Å². The van der Waals surface area contributed by atoms with Gasteiger partial charge in [0.25, 0.3) is 0 Å². The minimum absolute atomic E-state index is 0.0962. The molecule has 0 spiro atoms. The molecule has 7 heteroatoms. The van der Waals surface area contributed by atoms with Crippen molar-refractivity contribution >= 4 is 22.7 Å². The molecule has 2 atom stereocenters. The average molecular weight is 671 g/mol. The van der Waals surface area contributed by atoms with Crippen LogP contribution in [0.3, 0.4) is 0 Å². The van der Waals surface area contributed by atoms with E-state index in [2.05, 4.69) is 120 Å². The largest absolute Gasteiger partial charge is 0.497 e. The van der Waals surface area contributed by atoms with E-state index in [1.54, 1.807) is 21.3 Å². The third-order valence-electron chi connectivity index (χ3n) is 10.3. The van der Waals surface area contributed by atoms with E-state index in [4.69, 9.17) is 23.1 Å². The first-order valence-electron chi connectivity index (χ1n) is 17.5. The second-order valence-corrected chi connectivity index (χ2v) is 25.6. The smallest absolute Gasteiger partial charge is 0.201 e. The van der Waals surface area contributed by atoms with Gasteiger partial charge in [0, 0.05) is 12.5 Å². The van der Waals surface area contributed by atoms with Crippen LogP contribution in [0, 0.1) is 5.92 Å². The maximum atomic E-state index is 7.75. The van der Waals surface area contributed by atoms with Crippen LogP contribution in [-0.4, -0.2) is 44.6 Å². The summed E-state index contributed by atoms with van der Waals surface area (Å²) in [7, 11) is 0.669. The van der Waals surface area contributed by atoms with Crippen molar-refractivity contribution in [1.29, 1.82) is 0 Å². The zero-order chi connectivity index (χ0) is 34.8. The lowest BCUT2D eigenvalue weighted by Crippen LogP contribution is -2.51. The van der Waals surface area contributed by atoms with Gasteiger partial charge in [-0.3, -0.25) is 0 Å². The van der Waals surface area contributed by atoms with Gasteiger partial charge in [-0.25, -0.2) is 0 Å². The Morgan fingerprint density at radius 3 is 1.52 bits per heavy atom. The molecule has 0 saturated heterocycles. The van der Waals surface area contributed by atoms with Gasteiger partial charge in [0.15, 0.2) is 19.8 Å². The summed E-state index contributed by atoms with van der Waals surface area (Å²) in [6, 6.07) is 14.5. The maximum Gasteiger partial charge on any atom is 0.201 e. The van der Waals surface area contributed by atoms with Crippen LogP contribution in [0.2, 0.25) is 33.2 Å². The second kappa shape index (κ2) is 17.9. The van der Waals surface area contributed by atoms with Gasteiger partial charge in [0.1, 0.15) is 5.75 Å². The molecule has 0 aliphatic heterocycles. The topological polar surface area (TPSA) is 46.2 Å². The Bertz CT molecular complexity index is 1160. The minimum atomic E-state index is -2.29. The number of rotatable bonds is 19. The minimum Gasteiger partial charge on any atom is -0.497 e. The van der Waals surface area contributed by atoms with E-state index in [1.807, 2.05) is 18.2 Å². The summed E-state index contributed by atoms with van der Waals surface area (Å²) in [4.78, 5) is 0. The molecule has 0 unspecified atom stereocenters. The molecule has 2 aromatic rings. The molecule has 0 saturated carbocycles. The Morgan fingerprint density at radius 1 is 0.587 bits per heavy atom. The lowest BCUT2D eigenvalue weighted by atomic mass is 9.93. The predicted octanol–water partition coefficient (Wildman–Crippen LogP) is 11.9. The molecular formula is C39H66O5Si2. The van der Waals surface area contributed by atoms with E-state index in [9.17, 15) is 0 Å². The van der Waals surface area contributed by atoms with Crippen molar-refractivity contribution in [3.63, 3.8) is 0 Å². The average Bonchev–Trinajstić information content (AvgIpc) is 3.00. The van der Waals surface area contributed by atoms with Gasteiger partial charge in [-0.05, 0) is 75.1 Å². The van der Waals surface area contributed by atoms with E-state index >= 15 is 0 Å². The van der Waals surface area contributed by atoms with Crippen molar-refractivity contribution in [2.45, 2.75) is 129 Å². The first kappa shape index (κ1) is 40.1. The Labute approximate surface area is 284 Å². The molecule has 0 radical (unpaired) electrons. The van der Waals surface area contributed by atoms with E-state index in [0.717, 1.165) is 34.8 Å². The molecule has 46 heavy (non-hydrogen) atoms. The highest BCUT2D eigenvalue weighted by molar-refractivity contribution is 6.78. The molecule has 0 amide bonds. The zero-order valence-electron chi connectivity index (χ0n) is 31.8. The van der Waals surface area contributed by atoms with Gasteiger partial charge >= 0.3 is 0 Å². The van der Waals surface area contributed by atoms with Crippen LogP contribution in [0.15, 0.2) is 48.5 Å². The number of hydrogen-bond donors (Lipinski definition) is 0. The molecule has 260 valence electrons. The summed E-state index contributed by atoms with van der Waals surface area (Å²) in [6.45, 7) is 29.0. The fourth-order valence-corrected chi connectivity index (χ4v) is 19.3. The Hall–Kier alpha value is -2.07. The molecule has 0 aliphatic rings. The number of benzene rings is 2. The third kappa shape index (κ3) is 9.09. The first-order valence-corrected chi connectivity index (χ1v) is 21.7. The molecule has 0 heterocycles. The van der Waals surface area contributed by atoms with Crippen LogP contribution in [0.5, 0.6) is 17.2 Å². The van der Waals surface area contributed by atoms with E-state index in [0.29, 0.717) is 39.9 Å². The van der Waals surface area contributed by atoms with Gasteiger partial charge in [-0.2, -0.15) is 0 Å². The van der Waals surface area contributed by atoms with Crippen molar-refractivity contribution in [3.05, 3.63) is 59.7 Å². The standard InChI is InChI=1S/C39H66O5Si2/c1-27(2)45(28(3)4,29(5)6)43-26-35(18-16-17-33-19-22-36(40-13)23-20-33)39(34-21-24-37(41-14)38(25-34)42-15)44-46(30(7)8,31(9)10)32(11)12/h16-17,19-25,27-32,35,39H,18,26H2,1-15H3/b17-16+/t35-,39-/m0/s1. The molecular weight excluding hydrogens is 605 g/mol. The molecule has 0 fully saturated rings. The Kier molecular flexibility index (Phi) is 15.6. The molecule has 5 nitrogen and oxygen atoms in total. The highest BCUT2D eigenvalue weighted by atomic mass is 28.4. The summed E-state index contributed by atoms with van der Waals surface area (Å²) in [6.07, 6.45) is 5.17. The normalized spacial score (nSPS) is 14.4. The quantitative estimate of drug-likeness (QED) is 0.139. The van der Waals surface area contributed by atoms with Crippen LogP contribution in [0.25, 0.3) is 6.08 Å². The predicted molar refractivity (Wildman–Crippen MR) is 202 cm³/mol. The van der Waals surface area contributed by atoms with Crippen LogP contribution in [0.1, 0.15) is 107 Å². The van der Waals surface area contributed by atoms with Crippen molar-refractivity contribution in [3.8, 4) is 17.2 Å². The third-order valence-corrected chi connectivity index (χ3v) is 22.5. The summed E-state index contributed by atoms with van der Waals surface area (Å²) in [5.74, 6) is 2.41. The number of hydrogen-bond acceptors (Lipinski definition) is 5. The van der Waals surface area contributed by atoms with Gasteiger partial charge in [-0.15, -0.1) is 0 Å². The van der Waals surface area contributed by atoms with E-state index in [-0.39, 0.29) is 12.0 Å². The Balaban J connectivity index is 2.78.